The molecule has 0 aromatic carbocycles. The van der Waals surface area contributed by atoms with Crippen LogP contribution in [-0.4, -0.2) is 101 Å². The largest absolute Gasteiger partial charge is 0.338 e. The topological polar surface area (TPSA) is 142 Å². The number of carbonyl (C=O) groups excluding carboxylic acids is 2. The molecule has 0 unspecified atom stereocenters. The van der Waals surface area contributed by atoms with E-state index in [1.807, 2.05) is 54.2 Å². The van der Waals surface area contributed by atoms with Crippen molar-refractivity contribution in [2.45, 2.75) is 26.2 Å². The van der Waals surface area contributed by atoms with E-state index in [1.54, 1.807) is 28.5 Å². The Morgan fingerprint density at radius 3 is 2.80 bits per heavy atom. The maximum Gasteiger partial charge on any atom is 0.237 e. The van der Waals surface area contributed by atoms with Crippen molar-refractivity contribution in [1.29, 1.82) is 0 Å². The molecule has 234 valence electrons. The lowest BCUT2D eigenvalue weighted by Crippen LogP contribution is -2.43. The Kier molecular flexibility index (Phi) is 6.98. The summed E-state index contributed by atoms with van der Waals surface area (Å²) in [7, 11) is 1.84. The van der Waals surface area contributed by atoms with E-state index >= 15 is 0 Å². The van der Waals surface area contributed by atoms with Crippen LogP contribution in [0.5, 0.6) is 0 Å². The van der Waals surface area contributed by atoms with Crippen LogP contribution in [0.4, 0.5) is 5.82 Å². The molecule has 8 heterocycles. The predicted molar refractivity (Wildman–Crippen MR) is 174 cm³/mol. The standard InChI is InChI=1S/C32H33N11O2S/c1-20-15-22(5-10-33-20)27-28-23(37-38-27)3-4-25(36-28)43-14-9-32(31(43)45)8-13-41(18-32)17-26(44)42-11-6-21(7-12-42)30-34-16-24(46-30)29-35-19-40(2)39-29/h3-6,10,15-16,19H,7-9,11-14,17-18H2,1-2H3,(H,37,38)/t32-/m0/s1. The molecule has 5 aromatic heterocycles. The zero-order valence-electron chi connectivity index (χ0n) is 25.7. The lowest BCUT2D eigenvalue weighted by atomic mass is 9.85. The third kappa shape index (κ3) is 5.07. The first-order chi connectivity index (χ1) is 22.3. The Morgan fingerprint density at radius 1 is 1.11 bits per heavy atom. The number of anilines is 1. The molecule has 1 N–H and O–H groups in total. The number of aryl methyl sites for hydroxylation is 2. The number of thiazole rings is 1. The van der Waals surface area contributed by atoms with Gasteiger partial charge in [-0.25, -0.2) is 15.0 Å². The van der Waals surface area contributed by atoms with Gasteiger partial charge in [-0.05, 0) is 62.6 Å². The summed E-state index contributed by atoms with van der Waals surface area (Å²) in [5.41, 5.74) is 4.78. The number of hydrogen-bond donors (Lipinski definition) is 1. The number of nitrogens with zero attached hydrogens (tertiary/aromatic N) is 10. The average Bonchev–Trinajstić information content (AvgIpc) is 3.90. The zero-order valence-corrected chi connectivity index (χ0v) is 26.5. The van der Waals surface area contributed by atoms with Gasteiger partial charge in [0, 0.05) is 56.9 Å². The van der Waals surface area contributed by atoms with Crippen LogP contribution in [0.3, 0.4) is 0 Å². The van der Waals surface area contributed by atoms with Gasteiger partial charge in [-0.3, -0.25) is 34.2 Å². The number of pyridine rings is 2. The van der Waals surface area contributed by atoms with E-state index in [0.29, 0.717) is 44.4 Å². The van der Waals surface area contributed by atoms with Gasteiger partial charge in [0.1, 0.15) is 28.4 Å². The fourth-order valence-electron chi connectivity index (χ4n) is 6.80. The Balaban J connectivity index is 0.905. The normalized spacial score (nSPS) is 20.4. The quantitative estimate of drug-likeness (QED) is 0.297. The Morgan fingerprint density at radius 2 is 2.00 bits per heavy atom. The molecule has 0 bridgehead atoms. The van der Waals surface area contributed by atoms with Crippen LogP contribution in [0.2, 0.25) is 0 Å². The summed E-state index contributed by atoms with van der Waals surface area (Å²) in [6, 6.07) is 7.71. The van der Waals surface area contributed by atoms with E-state index in [-0.39, 0.29) is 11.8 Å². The van der Waals surface area contributed by atoms with E-state index in [2.05, 4.69) is 41.2 Å². The van der Waals surface area contributed by atoms with Crippen molar-refractivity contribution in [1.82, 2.24) is 49.7 Å². The van der Waals surface area contributed by atoms with Gasteiger partial charge in [0.25, 0.3) is 0 Å². The number of H-pyrrole nitrogens is 1. The van der Waals surface area contributed by atoms with Gasteiger partial charge in [0.2, 0.25) is 11.8 Å². The molecule has 8 rings (SSSR count). The number of hydrogen-bond acceptors (Lipinski definition) is 10. The molecule has 3 aliphatic rings. The average molecular weight is 636 g/mol. The van der Waals surface area contributed by atoms with Crippen molar-refractivity contribution in [2.24, 2.45) is 12.5 Å². The summed E-state index contributed by atoms with van der Waals surface area (Å²) in [4.78, 5) is 52.1. The molecule has 0 saturated carbocycles. The van der Waals surface area contributed by atoms with Crippen molar-refractivity contribution >= 4 is 45.6 Å². The van der Waals surface area contributed by atoms with Crippen molar-refractivity contribution in [3.05, 3.63) is 59.8 Å². The highest BCUT2D eigenvalue weighted by Gasteiger charge is 2.51. The third-order valence-electron chi connectivity index (χ3n) is 9.31. The second kappa shape index (κ2) is 11.2. The van der Waals surface area contributed by atoms with Crippen molar-refractivity contribution in [3.8, 4) is 22.0 Å². The molecule has 0 radical (unpaired) electrons. The van der Waals surface area contributed by atoms with Crippen LogP contribution in [0.25, 0.3) is 38.6 Å². The number of likely N-dealkylation sites (tertiary alicyclic amines) is 1. The highest BCUT2D eigenvalue weighted by Crippen LogP contribution is 2.42. The summed E-state index contributed by atoms with van der Waals surface area (Å²) >= 11 is 1.58. The summed E-state index contributed by atoms with van der Waals surface area (Å²) in [5.74, 6) is 1.50. The number of aromatic nitrogens is 8. The summed E-state index contributed by atoms with van der Waals surface area (Å²) in [5, 5.41) is 12.9. The first-order valence-corrected chi connectivity index (χ1v) is 16.3. The maximum absolute atomic E-state index is 13.9. The molecular formula is C32H33N11O2S. The van der Waals surface area contributed by atoms with Crippen LogP contribution < -0.4 is 4.90 Å². The van der Waals surface area contributed by atoms with Crippen molar-refractivity contribution in [2.75, 3.05) is 44.2 Å². The van der Waals surface area contributed by atoms with Gasteiger partial charge in [-0.2, -0.15) is 10.2 Å². The van der Waals surface area contributed by atoms with E-state index < -0.39 is 5.41 Å². The summed E-state index contributed by atoms with van der Waals surface area (Å²) < 4.78 is 1.68. The number of rotatable bonds is 6. The van der Waals surface area contributed by atoms with Crippen LogP contribution >= 0.6 is 11.3 Å². The highest BCUT2D eigenvalue weighted by molar-refractivity contribution is 7.16. The molecule has 2 amide bonds. The Labute approximate surface area is 269 Å². The Bertz CT molecular complexity index is 2010. The van der Waals surface area contributed by atoms with E-state index in [4.69, 9.17) is 4.98 Å². The van der Waals surface area contributed by atoms with Crippen LogP contribution in [0.1, 0.15) is 30.0 Å². The molecule has 2 fully saturated rings. The zero-order chi connectivity index (χ0) is 31.4. The minimum Gasteiger partial charge on any atom is -0.338 e. The van der Waals surface area contributed by atoms with Gasteiger partial charge in [0.15, 0.2) is 5.82 Å². The molecule has 5 aromatic rings. The molecule has 13 nitrogen and oxygen atoms in total. The second-order valence-electron chi connectivity index (χ2n) is 12.4. The first kappa shape index (κ1) is 28.6. The SMILES string of the molecule is Cc1cc(-c2n[nH]c3ccc(N4CC[C@]5(CCN(CC(=O)N6CC=C(c7ncc(-c8ncn(C)n8)s7)CC6)C5)C4=O)nc23)ccn1. The maximum atomic E-state index is 13.9. The molecule has 1 atom stereocenters. The number of amides is 2. The third-order valence-corrected chi connectivity index (χ3v) is 10.4. The smallest absolute Gasteiger partial charge is 0.237 e. The van der Waals surface area contributed by atoms with Gasteiger partial charge < -0.3 is 4.90 Å². The Hall–Kier alpha value is -4.82. The molecule has 3 aliphatic heterocycles. The molecule has 2 saturated heterocycles. The van der Waals surface area contributed by atoms with Crippen LogP contribution in [0.15, 0.2) is 49.1 Å². The van der Waals surface area contributed by atoms with E-state index in [1.165, 1.54) is 0 Å². The number of aromatic amines is 1. The monoisotopic (exact) mass is 635 g/mol. The minimum atomic E-state index is -0.488. The fourth-order valence-corrected chi connectivity index (χ4v) is 7.72. The predicted octanol–water partition coefficient (Wildman–Crippen LogP) is 3.33. The lowest BCUT2D eigenvalue weighted by molar-refractivity contribution is -0.132. The second-order valence-corrected chi connectivity index (χ2v) is 13.4. The highest BCUT2D eigenvalue weighted by atomic mass is 32.1. The first-order valence-electron chi connectivity index (χ1n) is 15.5. The van der Waals surface area contributed by atoms with Gasteiger partial charge in [0.05, 0.1) is 22.4 Å². The van der Waals surface area contributed by atoms with Crippen molar-refractivity contribution in [3.63, 3.8) is 0 Å². The molecule has 46 heavy (non-hydrogen) atoms. The molecule has 1 spiro atoms. The van der Waals surface area contributed by atoms with Gasteiger partial charge >= 0.3 is 0 Å². The summed E-state index contributed by atoms with van der Waals surface area (Å²) in [6.45, 7) is 5.38. The lowest BCUT2D eigenvalue weighted by Gasteiger charge is -2.28. The minimum absolute atomic E-state index is 0.0911. The molecular weight excluding hydrogens is 602 g/mol. The summed E-state index contributed by atoms with van der Waals surface area (Å²) in [6.07, 6.45) is 9.60. The van der Waals surface area contributed by atoms with Crippen LogP contribution in [-0.2, 0) is 16.6 Å². The van der Waals surface area contributed by atoms with Gasteiger partial charge in [-0.15, -0.1) is 11.3 Å². The molecule has 14 heteroatoms. The van der Waals surface area contributed by atoms with E-state index in [0.717, 1.165) is 69.2 Å². The van der Waals surface area contributed by atoms with Gasteiger partial charge in [-0.1, -0.05) is 6.08 Å². The molecule has 0 aliphatic carbocycles. The number of fused-ring (bicyclic) bond motifs is 1. The fraction of sp³-hybridized carbons (Fsp3) is 0.375. The van der Waals surface area contributed by atoms with Crippen molar-refractivity contribution < 1.29 is 9.59 Å². The van der Waals surface area contributed by atoms with E-state index in [9.17, 15) is 9.59 Å². The van der Waals surface area contributed by atoms with Crippen LogP contribution in [0, 0.1) is 12.3 Å². The number of nitrogens with one attached hydrogen (secondary N) is 1. The number of carbonyl (C=O) groups is 2.